The molecular formula is C15H24O2. The van der Waals surface area contributed by atoms with Gasteiger partial charge in [-0.05, 0) is 50.4 Å². The van der Waals surface area contributed by atoms with Crippen molar-refractivity contribution in [3.8, 4) is 0 Å². The molecule has 0 saturated heterocycles. The predicted octanol–water partition coefficient (Wildman–Crippen LogP) is 4.18. The summed E-state index contributed by atoms with van der Waals surface area (Å²) in [5.41, 5.74) is 2.62. The summed E-state index contributed by atoms with van der Waals surface area (Å²) in [7, 11) is 0. The molecule has 0 aromatic heterocycles. The van der Waals surface area contributed by atoms with Crippen LogP contribution in [0.5, 0.6) is 0 Å². The summed E-state index contributed by atoms with van der Waals surface area (Å²) in [5, 5.41) is 8.68. The first kappa shape index (κ1) is 14.0. The first-order valence-electron chi connectivity index (χ1n) is 6.40. The standard InChI is InChI=1S/C15H24O2/c1-11(10-14(16)17)7-8-13-12(2)6-5-9-15(13,3)4/h10,13H,2,5-9H2,1,3-4H3,(H,16,17)/t13-/m0/s1. The van der Waals surface area contributed by atoms with Crippen molar-refractivity contribution in [2.24, 2.45) is 11.3 Å². The first-order valence-corrected chi connectivity index (χ1v) is 6.40. The van der Waals surface area contributed by atoms with Gasteiger partial charge >= 0.3 is 5.97 Å². The van der Waals surface area contributed by atoms with Gasteiger partial charge in [-0.3, -0.25) is 0 Å². The van der Waals surface area contributed by atoms with Crippen molar-refractivity contribution in [1.29, 1.82) is 0 Å². The summed E-state index contributed by atoms with van der Waals surface area (Å²) in [5.74, 6) is -0.308. The molecule has 1 saturated carbocycles. The number of carbonyl (C=O) groups is 1. The highest BCUT2D eigenvalue weighted by Gasteiger charge is 2.33. The van der Waals surface area contributed by atoms with E-state index in [0.717, 1.165) is 24.8 Å². The highest BCUT2D eigenvalue weighted by Crippen LogP contribution is 2.45. The van der Waals surface area contributed by atoms with Crippen molar-refractivity contribution >= 4 is 5.97 Å². The second kappa shape index (κ2) is 5.52. The second-order valence-corrected chi connectivity index (χ2v) is 5.92. The van der Waals surface area contributed by atoms with Gasteiger partial charge in [0.15, 0.2) is 0 Å². The van der Waals surface area contributed by atoms with Gasteiger partial charge in [0.1, 0.15) is 0 Å². The topological polar surface area (TPSA) is 37.3 Å². The Labute approximate surface area is 104 Å². The van der Waals surface area contributed by atoms with E-state index < -0.39 is 5.97 Å². The van der Waals surface area contributed by atoms with Crippen molar-refractivity contribution in [2.45, 2.75) is 52.9 Å². The van der Waals surface area contributed by atoms with Crippen LogP contribution in [0.15, 0.2) is 23.8 Å². The minimum Gasteiger partial charge on any atom is -0.478 e. The van der Waals surface area contributed by atoms with Crippen LogP contribution in [-0.2, 0) is 4.79 Å². The van der Waals surface area contributed by atoms with Crippen LogP contribution in [-0.4, -0.2) is 11.1 Å². The number of carboxylic acid groups (broad SMARTS) is 1. The van der Waals surface area contributed by atoms with Crippen LogP contribution in [0.25, 0.3) is 0 Å². The lowest BCUT2D eigenvalue weighted by Gasteiger charge is -2.40. The summed E-state index contributed by atoms with van der Waals surface area (Å²) in [6, 6.07) is 0. The van der Waals surface area contributed by atoms with E-state index in [1.54, 1.807) is 0 Å². The fraction of sp³-hybridized carbons (Fsp3) is 0.667. The van der Waals surface area contributed by atoms with Gasteiger partial charge in [0, 0.05) is 6.08 Å². The smallest absolute Gasteiger partial charge is 0.328 e. The summed E-state index contributed by atoms with van der Waals surface area (Å²) in [4.78, 5) is 10.6. The second-order valence-electron chi connectivity index (χ2n) is 5.92. The van der Waals surface area contributed by atoms with Gasteiger partial charge in [-0.1, -0.05) is 31.6 Å². The summed E-state index contributed by atoms with van der Waals surface area (Å²) >= 11 is 0. The summed E-state index contributed by atoms with van der Waals surface area (Å²) in [6.45, 7) is 10.7. The first-order chi connectivity index (χ1) is 7.83. The Morgan fingerprint density at radius 3 is 2.76 bits per heavy atom. The molecule has 1 fully saturated rings. The lowest BCUT2D eigenvalue weighted by molar-refractivity contribution is -0.131. The highest BCUT2D eigenvalue weighted by molar-refractivity contribution is 5.80. The molecular weight excluding hydrogens is 212 g/mol. The molecule has 1 aliphatic carbocycles. The maximum Gasteiger partial charge on any atom is 0.328 e. The molecule has 0 amide bonds. The van der Waals surface area contributed by atoms with Crippen LogP contribution in [0.2, 0.25) is 0 Å². The number of rotatable bonds is 4. The molecule has 1 N–H and O–H groups in total. The third-order valence-corrected chi connectivity index (χ3v) is 3.95. The van der Waals surface area contributed by atoms with E-state index >= 15 is 0 Å². The van der Waals surface area contributed by atoms with Gasteiger partial charge in [-0.25, -0.2) is 4.79 Å². The molecule has 96 valence electrons. The lowest BCUT2D eigenvalue weighted by atomic mass is 9.65. The van der Waals surface area contributed by atoms with E-state index in [1.807, 2.05) is 6.92 Å². The molecule has 0 aromatic rings. The van der Waals surface area contributed by atoms with Crippen LogP contribution in [0.1, 0.15) is 52.9 Å². The van der Waals surface area contributed by atoms with Crippen molar-refractivity contribution in [3.63, 3.8) is 0 Å². The van der Waals surface area contributed by atoms with Gasteiger partial charge in [0.05, 0.1) is 0 Å². The van der Waals surface area contributed by atoms with Gasteiger partial charge < -0.3 is 5.11 Å². The quantitative estimate of drug-likeness (QED) is 0.587. The Morgan fingerprint density at radius 2 is 2.24 bits per heavy atom. The van der Waals surface area contributed by atoms with Crippen LogP contribution in [0, 0.1) is 11.3 Å². The average molecular weight is 236 g/mol. The predicted molar refractivity (Wildman–Crippen MR) is 70.9 cm³/mol. The fourth-order valence-electron chi connectivity index (χ4n) is 2.92. The largest absolute Gasteiger partial charge is 0.478 e. The fourth-order valence-corrected chi connectivity index (χ4v) is 2.92. The SMILES string of the molecule is C=C1CCCC(C)(C)[C@H]1CCC(C)=CC(=O)O. The summed E-state index contributed by atoms with van der Waals surface area (Å²) < 4.78 is 0. The third-order valence-electron chi connectivity index (χ3n) is 3.95. The third kappa shape index (κ3) is 4.03. The molecule has 1 aliphatic rings. The van der Waals surface area contributed by atoms with Gasteiger partial charge in [-0.15, -0.1) is 0 Å². The number of carboxylic acids is 1. The van der Waals surface area contributed by atoms with Crippen LogP contribution in [0.4, 0.5) is 0 Å². The zero-order valence-electron chi connectivity index (χ0n) is 11.3. The van der Waals surface area contributed by atoms with Crippen LogP contribution in [0.3, 0.4) is 0 Å². The number of allylic oxidation sites excluding steroid dienone is 2. The zero-order valence-corrected chi connectivity index (χ0v) is 11.3. The van der Waals surface area contributed by atoms with E-state index in [2.05, 4.69) is 20.4 Å². The molecule has 0 aromatic carbocycles. The van der Waals surface area contributed by atoms with E-state index in [1.165, 1.54) is 24.5 Å². The summed E-state index contributed by atoms with van der Waals surface area (Å²) in [6.07, 6.45) is 6.83. The van der Waals surface area contributed by atoms with Crippen LogP contribution >= 0.6 is 0 Å². The molecule has 2 heteroatoms. The molecule has 17 heavy (non-hydrogen) atoms. The van der Waals surface area contributed by atoms with E-state index in [9.17, 15) is 4.79 Å². The van der Waals surface area contributed by atoms with Crippen molar-refractivity contribution in [1.82, 2.24) is 0 Å². The molecule has 0 unspecified atom stereocenters. The van der Waals surface area contributed by atoms with E-state index in [4.69, 9.17) is 5.11 Å². The molecule has 0 spiro atoms. The monoisotopic (exact) mass is 236 g/mol. The Bertz CT molecular complexity index is 337. The maximum atomic E-state index is 10.6. The normalized spacial score (nSPS) is 24.8. The zero-order chi connectivity index (χ0) is 13.1. The number of aliphatic carboxylic acids is 1. The van der Waals surface area contributed by atoms with E-state index in [-0.39, 0.29) is 0 Å². The number of hydrogen-bond donors (Lipinski definition) is 1. The Morgan fingerprint density at radius 1 is 1.59 bits per heavy atom. The molecule has 1 atom stereocenters. The maximum absolute atomic E-state index is 10.6. The molecule has 0 radical (unpaired) electrons. The van der Waals surface area contributed by atoms with Gasteiger partial charge in [0.25, 0.3) is 0 Å². The minimum atomic E-state index is -0.843. The Kier molecular flexibility index (Phi) is 4.55. The molecule has 1 rings (SSSR count). The Balaban J connectivity index is 2.60. The van der Waals surface area contributed by atoms with Gasteiger partial charge in [-0.2, -0.15) is 0 Å². The Hall–Kier alpha value is -1.05. The molecule has 2 nitrogen and oxygen atoms in total. The minimum absolute atomic E-state index is 0.318. The molecule has 0 heterocycles. The molecule has 0 aliphatic heterocycles. The van der Waals surface area contributed by atoms with Crippen molar-refractivity contribution in [3.05, 3.63) is 23.8 Å². The van der Waals surface area contributed by atoms with Crippen molar-refractivity contribution in [2.75, 3.05) is 0 Å². The average Bonchev–Trinajstić information content (AvgIpc) is 2.14. The molecule has 0 bridgehead atoms. The highest BCUT2D eigenvalue weighted by atomic mass is 16.4. The lowest BCUT2D eigenvalue weighted by Crippen LogP contribution is -2.29. The van der Waals surface area contributed by atoms with Crippen molar-refractivity contribution < 1.29 is 9.90 Å². The van der Waals surface area contributed by atoms with Crippen LogP contribution < -0.4 is 0 Å². The van der Waals surface area contributed by atoms with Gasteiger partial charge in [0.2, 0.25) is 0 Å². The van der Waals surface area contributed by atoms with E-state index in [0.29, 0.717) is 11.3 Å². The number of hydrogen-bond acceptors (Lipinski definition) is 1.